The van der Waals surface area contributed by atoms with Gasteiger partial charge in [-0.05, 0) is 95.8 Å². The molecule has 1 aliphatic heterocycles. The van der Waals surface area contributed by atoms with E-state index in [0.717, 1.165) is 59.4 Å². The van der Waals surface area contributed by atoms with Crippen LogP contribution in [0.25, 0.3) is 10.8 Å². The van der Waals surface area contributed by atoms with Crippen LogP contribution >= 0.6 is 0 Å². The van der Waals surface area contributed by atoms with E-state index in [1.54, 1.807) is 29.2 Å². The molecule has 2 N–H and O–H groups in total. The molecule has 61 heavy (non-hydrogen) atoms. The molecule has 6 atom stereocenters. The van der Waals surface area contributed by atoms with Gasteiger partial charge in [0.05, 0.1) is 44.6 Å². The Bertz CT molecular complexity index is 2250. The Morgan fingerprint density at radius 3 is 2.44 bits per heavy atom. The molecule has 0 radical (unpaired) electrons. The van der Waals surface area contributed by atoms with E-state index in [1.165, 1.54) is 21.3 Å². The number of aliphatic hydroxyl groups is 2. The van der Waals surface area contributed by atoms with Gasteiger partial charge in [0.15, 0.2) is 6.29 Å². The first kappa shape index (κ1) is 43.4. The van der Waals surface area contributed by atoms with E-state index < -0.39 is 23.8 Å². The minimum absolute atomic E-state index is 0.0124. The number of carbonyl (C=O) groups excluding carboxylic acids is 2. The average molecular weight is 833 g/mol. The van der Waals surface area contributed by atoms with Gasteiger partial charge in [-0.2, -0.15) is 0 Å². The minimum atomic E-state index is -1.47. The fourth-order valence-corrected chi connectivity index (χ4v) is 9.86. The van der Waals surface area contributed by atoms with Gasteiger partial charge in [0, 0.05) is 31.1 Å². The van der Waals surface area contributed by atoms with Gasteiger partial charge in [-0.3, -0.25) is 9.69 Å². The Morgan fingerprint density at radius 1 is 0.951 bits per heavy atom. The number of hydrogen-bond donors (Lipinski definition) is 2. The van der Waals surface area contributed by atoms with Crippen molar-refractivity contribution in [3.63, 3.8) is 0 Å². The maximum absolute atomic E-state index is 14.3. The summed E-state index contributed by atoms with van der Waals surface area (Å²) in [5.41, 5.74) is 3.77. The molecule has 0 saturated heterocycles. The van der Waals surface area contributed by atoms with Gasteiger partial charge in [-0.25, -0.2) is 4.79 Å². The summed E-state index contributed by atoms with van der Waals surface area (Å²) in [6.07, 6.45) is 8.85. The summed E-state index contributed by atoms with van der Waals surface area (Å²) >= 11 is 0. The van der Waals surface area contributed by atoms with Gasteiger partial charge in [0.1, 0.15) is 36.1 Å². The van der Waals surface area contributed by atoms with E-state index in [0.29, 0.717) is 47.1 Å². The highest BCUT2D eigenvalue weighted by Crippen LogP contribution is 2.62. The zero-order valence-corrected chi connectivity index (χ0v) is 35.2. The molecule has 0 aromatic heterocycles. The van der Waals surface area contributed by atoms with E-state index in [4.69, 9.17) is 28.5 Å². The first-order valence-corrected chi connectivity index (χ1v) is 21.1. The van der Waals surface area contributed by atoms with Gasteiger partial charge in [0.2, 0.25) is 5.79 Å². The molecule has 12 heteroatoms. The van der Waals surface area contributed by atoms with E-state index >= 15 is 0 Å². The third kappa shape index (κ3) is 8.75. The summed E-state index contributed by atoms with van der Waals surface area (Å²) in [5.74, 6) is -0.161. The number of aldehydes is 1. The molecule has 2 aliphatic carbocycles. The van der Waals surface area contributed by atoms with Crippen LogP contribution in [0.4, 0.5) is 4.79 Å². The fourth-order valence-electron chi connectivity index (χ4n) is 9.86. The second kappa shape index (κ2) is 19.8. The number of amides is 1. The van der Waals surface area contributed by atoms with Crippen LogP contribution in [0.3, 0.4) is 0 Å². The average Bonchev–Trinajstić information content (AvgIpc) is 3.29. The Balaban J connectivity index is 1.44. The molecule has 1 fully saturated rings. The van der Waals surface area contributed by atoms with Gasteiger partial charge in [0.25, 0.3) is 0 Å². The molecule has 4 aromatic carbocycles. The molecule has 0 spiro atoms. The number of methoxy groups -OCH3 is 2. The zero-order valence-electron chi connectivity index (χ0n) is 35.2. The van der Waals surface area contributed by atoms with E-state index in [1.807, 2.05) is 60.7 Å². The second-order valence-corrected chi connectivity index (χ2v) is 15.8. The molecule has 7 rings (SSSR count). The molecule has 0 unspecified atom stereocenters. The van der Waals surface area contributed by atoms with Crippen molar-refractivity contribution in [2.45, 2.75) is 69.2 Å². The van der Waals surface area contributed by atoms with Crippen molar-refractivity contribution in [3.05, 3.63) is 120 Å². The molecule has 12 nitrogen and oxygen atoms in total. The van der Waals surface area contributed by atoms with Crippen molar-refractivity contribution in [1.82, 2.24) is 4.90 Å². The van der Waals surface area contributed by atoms with Crippen LogP contribution in [0.15, 0.2) is 108 Å². The predicted octanol–water partition coefficient (Wildman–Crippen LogP) is 8.99. The molecule has 1 amide bonds. The number of ether oxygens (including phenoxy) is 5. The standard InChI is InChI=1S/C49H56N2O10/c1-5-25-59-49-45(51(48(55)57-3)30-34-16-12-15-32-13-6-7-17-38(32)34)29-42(50-58-4)40-27-33(14-8-10-23-52)39(18-9-11-24-53)46(47(40)49)41-28-37(20-22-44(41)61-49)60-36-19-21-43(56-2)35(26-36)31-54/h5-7,12-13,15-17,19-22,26-28,31,33,39,45-47,52-53H,1,8-11,14,18,23-25,29-30H2,2-4H3/t33-,39+,45-,46+,47+,49+/m0/s1. The molecular weight excluding hydrogens is 777 g/mol. The lowest BCUT2D eigenvalue weighted by Gasteiger charge is -2.59. The number of benzene rings is 4. The smallest absolute Gasteiger partial charge is 0.410 e. The molecule has 0 bridgehead atoms. The predicted molar refractivity (Wildman–Crippen MR) is 232 cm³/mol. The highest BCUT2D eigenvalue weighted by molar-refractivity contribution is 6.03. The molecular formula is C49H56N2O10. The van der Waals surface area contributed by atoms with Crippen molar-refractivity contribution in [2.75, 3.05) is 41.2 Å². The maximum atomic E-state index is 14.3. The number of rotatable bonds is 19. The minimum Gasteiger partial charge on any atom is -0.496 e. The Hall–Kier alpha value is -5.69. The summed E-state index contributed by atoms with van der Waals surface area (Å²) < 4.78 is 31.8. The number of carbonyl (C=O) groups is 2. The third-order valence-corrected chi connectivity index (χ3v) is 12.4. The molecule has 3 aliphatic rings. The van der Waals surface area contributed by atoms with Crippen molar-refractivity contribution >= 4 is 28.9 Å². The first-order valence-electron chi connectivity index (χ1n) is 21.1. The van der Waals surface area contributed by atoms with Crippen molar-refractivity contribution in [3.8, 4) is 23.0 Å². The van der Waals surface area contributed by atoms with Crippen molar-refractivity contribution in [1.29, 1.82) is 0 Å². The normalized spacial score (nSPS) is 23.2. The molecule has 4 aromatic rings. The molecule has 1 saturated carbocycles. The van der Waals surface area contributed by atoms with Crippen LogP contribution < -0.4 is 14.2 Å². The highest BCUT2D eigenvalue weighted by atomic mass is 16.7. The van der Waals surface area contributed by atoms with Crippen LogP contribution in [0.2, 0.25) is 0 Å². The van der Waals surface area contributed by atoms with Crippen molar-refractivity contribution < 1.29 is 48.3 Å². The number of fused-ring (bicyclic) bond motifs is 3. The summed E-state index contributed by atoms with van der Waals surface area (Å²) in [6.45, 7) is 4.49. The topological polar surface area (TPSA) is 146 Å². The number of hydrogen-bond acceptors (Lipinski definition) is 11. The van der Waals surface area contributed by atoms with Gasteiger partial charge < -0.3 is 38.7 Å². The second-order valence-electron chi connectivity index (χ2n) is 15.8. The zero-order chi connectivity index (χ0) is 42.9. The van der Waals surface area contributed by atoms with E-state index in [9.17, 15) is 19.8 Å². The molecule has 1 heterocycles. The summed E-state index contributed by atoms with van der Waals surface area (Å²) in [7, 11) is 4.42. The maximum Gasteiger partial charge on any atom is 0.410 e. The van der Waals surface area contributed by atoms with Crippen LogP contribution in [0.5, 0.6) is 23.0 Å². The lowest BCUT2D eigenvalue weighted by Crippen LogP contribution is -2.70. The van der Waals surface area contributed by atoms with Gasteiger partial charge in [-0.1, -0.05) is 72.6 Å². The van der Waals surface area contributed by atoms with Crippen molar-refractivity contribution in [2.24, 2.45) is 22.9 Å². The van der Waals surface area contributed by atoms with E-state index in [2.05, 4.69) is 17.8 Å². The lowest BCUT2D eigenvalue weighted by molar-refractivity contribution is -0.256. The largest absolute Gasteiger partial charge is 0.496 e. The monoisotopic (exact) mass is 832 g/mol. The van der Waals surface area contributed by atoms with Crippen LogP contribution in [-0.2, 0) is 20.9 Å². The number of unbranched alkanes of at least 4 members (excludes halogenated alkanes) is 2. The number of oxime groups is 1. The van der Waals surface area contributed by atoms with Crippen LogP contribution in [-0.4, -0.2) is 86.2 Å². The van der Waals surface area contributed by atoms with Crippen LogP contribution in [0, 0.1) is 17.8 Å². The summed E-state index contributed by atoms with van der Waals surface area (Å²) in [5, 5.41) is 26.5. The van der Waals surface area contributed by atoms with Gasteiger partial charge in [-0.15, -0.1) is 6.58 Å². The Labute approximate surface area is 357 Å². The Kier molecular flexibility index (Phi) is 14.1. The SMILES string of the molecule is C=CCO[C@@]12Oc3ccc(Oc4ccc(OC)c(C=O)c4)cc3[C@H]3[C@H](CCCCO)[C@@H](CCCCO)C=C(C(=NOC)C[C@@H]1N(Cc1cccc4ccccc14)C(=O)OC)[C@H]32. The Morgan fingerprint density at radius 2 is 1.70 bits per heavy atom. The fraction of sp³-hybridized carbons (Fsp3) is 0.408. The summed E-state index contributed by atoms with van der Waals surface area (Å²) in [4.78, 5) is 33.6. The van der Waals surface area contributed by atoms with Gasteiger partial charge >= 0.3 is 6.09 Å². The third-order valence-electron chi connectivity index (χ3n) is 12.4. The number of aliphatic hydroxyl groups excluding tert-OH is 2. The number of nitrogens with zero attached hydrogens (tertiary/aromatic N) is 2. The highest BCUT2D eigenvalue weighted by Gasteiger charge is 2.65. The number of allylic oxidation sites excluding steroid dienone is 1. The van der Waals surface area contributed by atoms with Crippen LogP contribution in [0.1, 0.15) is 72.3 Å². The quantitative estimate of drug-likeness (QED) is 0.0407. The summed E-state index contributed by atoms with van der Waals surface area (Å²) in [6, 6.07) is 24.2. The van der Waals surface area contributed by atoms with E-state index in [-0.39, 0.29) is 50.5 Å². The first-order chi connectivity index (χ1) is 29.8. The molecule has 322 valence electrons. The lowest BCUT2D eigenvalue weighted by atomic mass is 9.55.